The Labute approximate surface area is 125 Å². The second-order valence-electron chi connectivity index (χ2n) is 4.31. The standard InChI is InChI=1S/C13H16O3.C3H6O2/c1-10(2)16-13(14)9-8-11-6-4-5-7-12(11)15-3;1-2-3(4)5/h4-10H,1-3H3;2H2,1H3,(H,4,5)/b9-8+;. The second kappa shape index (κ2) is 10.5. The Morgan fingerprint density at radius 1 is 1.29 bits per heavy atom. The van der Waals surface area contributed by atoms with Crippen molar-refractivity contribution in [1.82, 2.24) is 0 Å². The van der Waals surface area contributed by atoms with Crippen molar-refractivity contribution in [2.75, 3.05) is 7.11 Å². The first-order chi connectivity index (χ1) is 9.90. The van der Waals surface area contributed by atoms with E-state index in [4.69, 9.17) is 14.6 Å². The van der Waals surface area contributed by atoms with Crippen LogP contribution in [0, 0.1) is 0 Å². The van der Waals surface area contributed by atoms with Crippen molar-refractivity contribution in [3.63, 3.8) is 0 Å². The molecule has 0 saturated heterocycles. The fourth-order valence-corrected chi connectivity index (χ4v) is 1.23. The molecule has 0 amide bonds. The highest BCUT2D eigenvalue weighted by Gasteiger charge is 2.01. The third-order valence-corrected chi connectivity index (χ3v) is 2.19. The number of carbonyl (C=O) groups is 2. The number of para-hydroxylation sites is 1. The number of carbonyl (C=O) groups excluding carboxylic acids is 1. The van der Waals surface area contributed by atoms with E-state index in [1.165, 1.54) is 6.08 Å². The summed E-state index contributed by atoms with van der Waals surface area (Å²) in [6, 6.07) is 7.48. The average Bonchev–Trinajstić information content (AvgIpc) is 2.45. The minimum Gasteiger partial charge on any atom is -0.496 e. The molecule has 0 atom stereocenters. The molecule has 5 heteroatoms. The van der Waals surface area contributed by atoms with Crippen LogP contribution in [-0.4, -0.2) is 30.3 Å². The quantitative estimate of drug-likeness (QED) is 0.667. The van der Waals surface area contributed by atoms with Crippen LogP contribution in [0.4, 0.5) is 0 Å². The Morgan fingerprint density at radius 3 is 2.33 bits per heavy atom. The average molecular weight is 294 g/mol. The Kier molecular flexibility index (Phi) is 9.33. The second-order valence-corrected chi connectivity index (χ2v) is 4.31. The first-order valence-electron chi connectivity index (χ1n) is 6.64. The minimum atomic E-state index is -0.745. The molecule has 0 aliphatic heterocycles. The number of rotatable bonds is 5. The monoisotopic (exact) mass is 294 g/mol. The SMILES string of the molecule is CCC(=O)O.COc1ccccc1/C=C/C(=O)OC(C)C. The van der Waals surface area contributed by atoms with Gasteiger partial charge in [-0.15, -0.1) is 0 Å². The summed E-state index contributed by atoms with van der Waals surface area (Å²) in [5, 5.41) is 7.72. The molecular weight excluding hydrogens is 272 g/mol. The molecule has 5 nitrogen and oxygen atoms in total. The smallest absolute Gasteiger partial charge is 0.331 e. The summed E-state index contributed by atoms with van der Waals surface area (Å²) in [4.78, 5) is 20.6. The molecule has 0 fully saturated rings. The number of benzene rings is 1. The lowest BCUT2D eigenvalue weighted by atomic mass is 10.2. The zero-order valence-corrected chi connectivity index (χ0v) is 12.8. The van der Waals surface area contributed by atoms with Gasteiger partial charge in [0.25, 0.3) is 0 Å². The maximum atomic E-state index is 11.3. The number of esters is 1. The molecule has 0 saturated carbocycles. The molecule has 1 aromatic carbocycles. The van der Waals surface area contributed by atoms with Gasteiger partial charge in [0.1, 0.15) is 5.75 Å². The molecule has 116 valence electrons. The summed E-state index contributed by atoms with van der Waals surface area (Å²) in [7, 11) is 1.60. The van der Waals surface area contributed by atoms with Gasteiger partial charge in [0.15, 0.2) is 0 Å². The van der Waals surface area contributed by atoms with Crippen LogP contribution in [0.3, 0.4) is 0 Å². The van der Waals surface area contributed by atoms with Gasteiger partial charge in [-0.2, -0.15) is 0 Å². The molecule has 0 aliphatic rings. The predicted molar refractivity (Wildman–Crippen MR) is 81.2 cm³/mol. The van der Waals surface area contributed by atoms with Crippen LogP contribution in [0.15, 0.2) is 30.3 Å². The fraction of sp³-hybridized carbons (Fsp3) is 0.375. The summed E-state index contributed by atoms with van der Waals surface area (Å²) in [6.07, 6.45) is 3.20. The Hall–Kier alpha value is -2.30. The molecule has 21 heavy (non-hydrogen) atoms. The van der Waals surface area contributed by atoms with Gasteiger partial charge in [0, 0.05) is 18.1 Å². The van der Waals surface area contributed by atoms with Crippen molar-refractivity contribution in [2.45, 2.75) is 33.3 Å². The lowest BCUT2D eigenvalue weighted by Gasteiger charge is -2.05. The van der Waals surface area contributed by atoms with Crippen LogP contribution >= 0.6 is 0 Å². The Bertz CT molecular complexity index is 477. The van der Waals surface area contributed by atoms with Crippen LogP contribution in [0.2, 0.25) is 0 Å². The van der Waals surface area contributed by atoms with Crippen LogP contribution in [-0.2, 0) is 14.3 Å². The summed E-state index contributed by atoms with van der Waals surface area (Å²) < 4.78 is 10.1. The summed E-state index contributed by atoms with van der Waals surface area (Å²) in [6.45, 7) is 5.23. The maximum absolute atomic E-state index is 11.3. The van der Waals surface area contributed by atoms with Crippen LogP contribution in [0.5, 0.6) is 5.75 Å². The van der Waals surface area contributed by atoms with Gasteiger partial charge in [-0.05, 0) is 26.0 Å². The van der Waals surface area contributed by atoms with Crippen molar-refractivity contribution < 1.29 is 24.2 Å². The van der Waals surface area contributed by atoms with Gasteiger partial charge in [-0.25, -0.2) is 4.79 Å². The normalized spacial score (nSPS) is 9.95. The van der Waals surface area contributed by atoms with Gasteiger partial charge < -0.3 is 14.6 Å². The summed E-state index contributed by atoms with van der Waals surface area (Å²) >= 11 is 0. The minimum absolute atomic E-state index is 0.102. The van der Waals surface area contributed by atoms with Crippen LogP contribution in [0.1, 0.15) is 32.8 Å². The van der Waals surface area contributed by atoms with Gasteiger partial charge in [0.05, 0.1) is 13.2 Å². The Balaban J connectivity index is 0.000000690. The molecule has 0 bridgehead atoms. The first kappa shape index (κ1) is 18.7. The van der Waals surface area contributed by atoms with Crippen molar-refractivity contribution in [2.24, 2.45) is 0 Å². The van der Waals surface area contributed by atoms with E-state index in [2.05, 4.69) is 0 Å². The van der Waals surface area contributed by atoms with E-state index in [0.717, 1.165) is 11.3 Å². The highest BCUT2D eigenvalue weighted by Crippen LogP contribution is 2.18. The van der Waals surface area contributed by atoms with Crippen LogP contribution < -0.4 is 4.74 Å². The third-order valence-electron chi connectivity index (χ3n) is 2.19. The third kappa shape index (κ3) is 9.27. The van der Waals surface area contributed by atoms with Crippen molar-refractivity contribution >= 4 is 18.0 Å². The largest absolute Gasteiger partial charge is 0.496 e. The van der Waals surface area contributed by atoms with E-state index >= 15 is 0 Å². The van der Waals surface area contributed by atoms with E-state index in [9.17, 15) is 9.59 Å². The van der Waals surface area contributed by atoms with E-state index in [0.29, 0.717) is 0 Å². The number of carboxylic acid groups (broad SMARTS) is 1. The fourth-order valence-electron chi connectivity index (χ4n) is 1.23. The molecule has 1 rings (SSSR count). The molecule has 0 unspecified atom stereocenters. The van der Waals surface area contributed by atoms with Crippen LogP contribution in [0.25, 0.3) is 6.08 Å². The number of hydrogen-bond acceptors (Lipinski definition) is 4. The van der Waals surface area contributed by atoms with E-state index in [1.807, 2.05) is 38.1 Å². The number of methoxy groups -OCH3 is 1. The lowest BCUT2D eigenvalue weighted by molar-refractivity contribution is -0.141. The number of carboxylic acids is 1. The number of ether oxygens (including phenoxy) is 2. The zero-order chi connectivity index (χ0) is 16.3. The summed E-state index contributed by atoms with van der Waals surface area (Å²) in [5.74, 6) is -0.359. The first-order valence-corrected chi connectivity index (χ1v) is 6.64. The van der Waals surface area contributed by atoms with Crippen molar-refractivity contribution in [3.05, 3.63) is 35.9 Å². The van der Waals surface area contributed by atoms with Gasteiger partial charge in [-0.3, -0.25) is 4.79 Å². The number of aliphatic carboxylic acids is 1. The molecule has 0 heterocycles. The highest BCUT2D eigenvalue weighted by atomic mass is 16.5. The van der Waals surface area contributed by atoms with Gasteiger partial charge in [-0.1, -0.05) is 25.1 Å². The Morgan fingerprint density at radius 2 is 1.86 bits per heavy atom. The molecule has 0 aliphatic carbocycles. The topological polar surface area (TPSA) is 72.8 Å². The zero-order valence-electron chi connectivity index (χ0n) is 12.8. The lowest BCUT2D eigenvalue weighted by Crippen LogP contribution is -2.08. The molecular formula is C16H22O5. The van der Waals surface area contributed by atoms with Gasteiger partial charge >= 0.3 is 11.9 Å². The molecule has 1 N–H and O–H groups in total. The van der Waals surface area contributed by atoms with Crippen molar-refractivity contribution in [1.29, 1.82) is 0 Å². The van der Waals surface area contributed by atoms with Crippen molar-refractivity contribution in [3.8, 4) is 5.75 Å². The molecule has 1 aromatic rings. The van der Waals surface area contributed by atoms with Gasteiger partial charge in [0.2, 0.25) is 0 Å². The summed E-state index contributed by atoms with van der Waals surface area (Å²) in [5.41, 5.74) is 0.853. The molecule has 0 spiro atoms. The highest BCUT2D eigenvalue weighted by molar-refractivity contribution is 5.87. The van der Waals surface area contributed by atoms with E-state index < -0.39 is 5.97 Å². The maximum Gasteiger partial charge on any atom is 0.331 e. The van der Waals surface area contributed by atoms with E-state index in [1.54, 1.807) is 20.1 Å². The number of hydrogen-bond donors (Lipinski definition) is 1. The van der Waals surface area contributed by atoms with E-state index in [-0.39, 0.29) is 18.5 Å². The molecule has 0 radical (unpaired) electrons. The predicted octanol–water partition coefficient (Wildman–Crippen LogP) is 3.14. The molecule has 0 aromatic heterocycles.